The van der Waals surface area contributed by atoms with E-state index in [9.17, 15) is 14.0 Å². The molecule has 2 aromatic carbocycles. The van der Waals surface area contributed by atoms with E-state index in [1.165, 1.54) is 43.1 Å². The minimum absolute atomic E-state index is 0.0779. The average Bonchev–Trinajstić information content (AvgIpc) is 3.14. The van der Waals surface area contributed by atoms with Gasteiger partial charge in [0.25, 0.3) is 5.91 Å². The van der Waals surface area contributed by atoms with E-state index in [4.69, 9.17) is 4.74 Å². The van der Waals surface area contributed by atoms with Gasteiger partial charge >= 0.3 is 5.97 Å². The molecule has 0 bridgehead atoms. The van der Waals surface area contributed by atoms with E-state index in [-0.39, 0.29) is 23.8 Å². The van der Waals surface area contributed by atoms with Crippen molar-refractivity contribution in [1.82, 2.24) is 20.1 Å². The van der Waals surface area contributed by atoms with Gasteiger partial charge in [0.15, 0.2) is 11.0 Å². The Hall–Kier alpha value is -3.20. The highest BCUT2D eigenvalue weighted by Crippen LogP contribution is 2.25. The van der Waals surface area contributed by atoms with Gasteiger partial charge in [-0.15, -0.1) is 10.2 Å². The number of thioether (sulfide) groups is 1. The van der Waals surface area contributed by atoms with Crippen LogP contribution in [0.4, 0.5) is 4.39 Å². The summed E-state index contributed by atoms with van der Waals surface area (Å²) in [5.41, 5.74) is 3.09. The van der Waals surface area contributed by atoms with Crippen molar-refractivity contribution in [3.05, 3.63) is 70.8 Å². The first kappa shape index (κ1) is 21.5. The summed E-state index contributed by atoms with van der Waals surface area (Å²) in [6, 6.07) is 11.4. The molecule has 0 fully saturated rings. The second-order valence-electron chi connectivity index (χ2n) is 6.58. The molecule has 0 spiro atoms. The summed E-state index contributed by atoms with van der Waals surface area (Å²) in [6.07, 6.45) is 0. The van der Waals surface area contributed by atoms with E-state index in [0.29, 0.717) is 11.0 Å². The molecule has 0 aliphatic rings. The molecule has 0 aliphatic carbocycles. The molecule has 1 amide bonds. The maximum absolute atomic E-state index is 13.4. The van der Waals surface area contributed by atoms with Crippen molar-refractivity contribution < 1.29 is 18.7 Å². The number of aryl methyl sites for hydroxylation is 2. The van der Waals surface area contributed by atoms with Crippen LogP contribution in [-0.4, -0.2) is 39.5 Å². The summed E-state index contributed by atoms with van der Waals surface area (Å²) in [6.45, 7) is 4.01. The number of aromatic nitrogens is 3. The monoisotopic (exact) mass is 428 g/mol. The van der Waals surface area contributed by atoms with Crippen molar-refractivity contribution >= 4 is 23.6 Å². The van der Waals surface area contributed by atoms with Crippen molar-refractivity contribution in [2.75, 3.05) is 12.9 Å². The molecule has 0 aliphatic heterocycles. The van der Waals surface area contributed by atoms with Gasteiger partial charge in [-0.2, -0.15) is 0 Å². The maximum Gasteiger partial charge on any atom is 0.316 e. The Morgan fingerprint density at radius 3 is 2.70 bits per heavy atom. The first-order chi connectivity index (χ1) is 14.4. The van der Waals surface area contributed by atoms with E-state index >= 15 is 0 Å². The summed E-state index contributed by atoms with van der Waals surface area (Å²) in [5, 5.41) is 11.6. The van der Waals surface area contributed by atoms with Gasteiger partial charge in [-0.1, -0.05) is 30.0 Å². The number of ether oxygens (including phenoxy) is 1. The van der Waals surface area contributed by atoms with E-state index in [2.05, 4.69) is 15.5 Å². The van der Waals surface area contributed by atoms with E-state index in [1.807, 2.05) is 36.6 Å². The Kier molecular flexibility index (Phi) is 6.83. The fourth-order valence-electron chi connectivity index (χ4n) is 2.78. The van der Waals surface area contributed by atoms with Gasteiger partial charge in [0, 0.05) is 5.56 Å². The Labute approximate surface area is 177 Å². The zero-order valence-corrected chi connectivity index (χ0v) is 17.6. The number of hydrogen-bond donors (Lipinski definition) is 1. The number of hydrogen-bond acceptors (Lipinski definition) is 6. The fourth-order valence-corrected chi connectivity index (χ4v) is 3.58. The summed E-state index contributed by atoms with van der Waals surface area (Å²) in [4.78, 5) is 24.0. The maximum atomic E-state index is 13.4. The van der Waals surface area contributed by atoms with Crippen LogP contribution in [0, 0.1) is 19.7 Å². The molecule has 0 unspecified atom stereocenters. The average molecular weight is 428 g/mol. The number of methoxy groups -OCH3 is 1. The predicted octanol–water partition coefficient (Wildman–Crippen LogP) is 3.22. The Morgan fingerprint density at radius 2 is 1.97 bits per heavy atom. The molecule has 1 aromatic heterocycles. The zero-order chi connectivity index (χ0) is 21.7. The molecule has 0 saturated heterocycles. The van der Waals surface area contributed by atoms with Gasteiger partial charge in [0.2, 0.25) is 0 Å². The van der Waals surface area contributed by atoms with Gasteiger partial charge in [0.1, 0.15) is 5.82 Å². The van der Waals surface area contributed by atoms with Crippen LogP contribution in [0.15, 0.2) is 47.6 Å². The molecule has 3 rings (SSSR count). The van der Waals surface area contributed by atoms with E-state index in [0.717, 1.165) is 16.8 Å². The minimum atomic E-state index is -0.484. The molecule has 156 valence electrons. The van der Waals surface area contributed by atoms with Crippen molar-refractivity contribution in [1.29, 1.82) is 0 Å². The van der Waals surface area contributed by atoms with E-state index < -0.39 is 11.7 Å². The summed E-state index contributed by atoms with van der Waals surface area (Å²) in [5.74, 6) is -0.719. The second-order valence-corrected chi connectivity index (χ2v) is 7.52. The molecule has 0 radical (unpaired) electrons. The summed E-state index contributed by atoms with van der Waals surface area (Å²) in [7, 11) is 1.33. The molecular weight excluding hydrogens is 407 g/mol. The van der Waals surface area contributed by atoms with Gasteiger partial charge in [-0.25, -0.2) is 4.39 Å². The number of nitrogens with one attached hydrogen (secondary N) is 1. The lowest BCUT2D eigenvalue weighted by atomic mass is 10.1. The van der Waals surface area contributed by atoms with Crippen LogP contribution in [0.5, 0.6) is 0 Å². The predicted molar refractivity (Wildman–Crippen MR) is 111 cm³/mol. The zero-order valence-electron chi connectivity index (χ0n) is 16.8. The molecule has 9 heteroatoms. The number of carbonyl (C=O) groups excluding carboxylic acids is 2. The summed E-state index contributed by atoms with van der Waals surface area (Å²) < 4.78 is 19.9. The molecule has 30 heavy (non-hydrogen) atoms. The normalized spacial score (nSPS) is 10.7. The highest BCUT2D eigenvalue weighted by molar-refractivity contribution is 7.99. The Balaban J connectivity index is 1.90. The molecule has 1 N–H and O–H groups in total. The van der Waals surface area contributed by atoms with Gasteiger partial charge in [0.05, 0.1) is 25.1 Å². The second kappa shape index (κ2) is 9.53. The lowest BCUT2D eigenvalue weighted by Gasteiger charge is -2.14. The largest absolute Gasteiger partial charge is 0.468 e. The van der Waals surface area contributed by atoms with Crippen LogP contribution >= 0.6 is 11.8 Å². The van der Waals surface area contributed by atoms with Crippen molar-refractivity contribution in [3.8, 4) is 5.69 Å². The highest BCUT2D eigenvalue weighted by Gasteiger charge is 2.18. The third kappa shape index (κ3) is 5.04. The Morgan fingerprint density at radius 1 is 1.17 bits per heavy atom. The molecule has 0 saturated carbocycles. The third-order valence-corrected chi connectivity index (χ3v) is 5.25. The van der Waals surface area contributed by atoms with Crippen LogP contribution in [0.2, 0.25) is 0 Å². The molecule has 3 aromatic rings. The van der Waals surface area contributed by atoms with E-state index in [1.54, 1.807) is 0 Å². The Bertz CT molecular complexity index is 1080. The SMILES string of the molecule is COC(=O)CSc1nnc(CNC(=O)c2cccc(F)c2)n1-c1cc(C)ccc1C. The number of amides is 1. The smallest absolute Gasteiger partial charge is 0.316 e. The fraction of sp³-hybridized carbons (Fsp3) is 0.238. The summed E-state index contributed by atoms with van der Waals surface area (Å²) >= 11 is 1.20. The number of esters is 1. The highest BCUT2D eigenvalue weighted by atomic mass is 32.2. The van der Waals surface area contributed by atoms with Crippen LogP contribution in [0.3, 0.4) is 0 Å². The standard InChI is InChI=1S/C21H21FN4O3S/c1-13-7-8-14(2)17(9-13)26-18(24-25-21(26)30-12-19(27)29-3)11-23-20(28)15-5-4-6-16(22)10-15/h4-10H,11-12H2,1-3H3,(H,23,28). The number of rotatable bonds is 7. The van der Waals surface area contributed by atoms with Crippen molar-refractivity contribution in [2.45, 2.75) is 25.5 Å². The first-order valence-electron chi connectivity index (χ1n) is 9.14. The molecule has 1 heterocycles. The van der Waals surface area contributed by atoms with Crippen LogP contribution in [0.1, 0.15) is 27.3 Å². The number of benzene rings is 2. The van der Waals surface area contributed by atoms with Gasteiger partial charge in [-0.3, -0.25) is 14.2 Å². The quantitative estimate of drug-likeness (QED) is 0.459. The third-order valence-electron chi connectivity index (χ3n) is 4.35. The lowest BCUT2D eigenvalue weighted by molar-refractivity contribution is -0.137. The van der Waals surface area contributed by atoms with Crippen molar-refractivity contribution in [3.63, 3.8) is 0 Å². The van der Waals surface area contributed by atoms with Crippen molar-refractivity contribution in [2.24, 2.45) is 0 Å². The molecule has 0 atom stereocenters. The van der Waals surface area contributed by atoms with Crippen LogP contribution < -0.4 is 5.32 Å². The molecule has 7 nitrogen and oxygen atoms in total. The van der Waals surface area contributed by atoms with Gasteiger partial charge < -0.3 is 10.1 Å². The van der Waals surface area contributed by atoms with Crippen LogP contribution in [0.25, 0.3) is 5.69 Å². The van der Waals surface area contributed by atoms with Gasteiger partial charge in [-0.05, 0) is 49.2 Å². The topological polar surface area (TPSA) is 86.1 Å². The minimum Gasteiger partial charge on any atom is -0.468 e. The first-order valence-corrected chi connectivity index (χ1v) is 10.1. The number of nitrogens with zero attached hydrogens (tertiary/aromatic N) is 3. The lowest BCUT2D eigenvalue weighted by Crippen LogP contribution is -2.25. The van der Waals surface area contributed by atoms with Crippen LogP contribution in [-0.2, 0) is 16.1 Å². The number of halogens is 1. The molecular formula is C21H21FN4O3S. The number of carbonyl (C=O) groups is 2.